The van der Waals surface area contributed by atoms with Crippen molar-refractivity contribution in [1.82, 2.24) is 15.6 Å². The van der Waals surface area contributed by atoms with Crippen LogP contribution in [0.4, 0.5) is 38.0 Å². The summed E-state index contributed by atoms with van der Waals surface area (Å²) in [4.78, 5) is 40.4. The van der Waals surface area contributed by atoms with Gasteiger partial charge in [-0.05, 0) is 43.3 Å². The molecule has 4 amide bonds. The van der Waals surface area contributed by atoms with E-state index in [2.05, 4.69) is 20.9 Å². The second kappa shape index (κ2) is 10.3. The molecule has 5 N–H and O–H groups in total. The van der Waals surface area contributed by atoms with E-state index in [4.69, 9.17) is 4.74 Å². The number of aromatic nitrogens is 1. The number of hydrogen-bond acceptors (Lipinski definition) is 7. The van der Waals surface area contributed by atoms with Crippen LogP contribution in [0.5, 0.6) is 5.75 Å². The van der Waals surface area contributed by atoms with Crippen molar-refractivity contribution in [2.24, 2.45) is 0 Å². The first-order valence-electron chi connectivity index (χ1n) is 10.1. The van der Waals surface area contributed by atoms with Crippen LogP contribution in [0, 0.1) is 5.82 Å². The van der Waals surface area contributed by atoms with Crippen molar-refractivity contribution in [1.29, 1.82) is 0 Å². The molecule has 0 saturated carbocycles. The molecule has 15 heteroatoms. The molecule has 2 aromatic carbocycles. The Kier molecular flexibility index (Phi) is 7.64. The number of nitrogens with one attached hydrogen (secondary N) is 4. The zero-order valence-electron chi connectivity index (χ0n) is 18.6. The molecule has 0 aliphatic heterocycles. The summed E-state index contributed by atoms with van der Waals surface area (Å²) in [6.45, 7) is 1.18. The monoisotopic (exact) mass is 529 g/mol. The molecule has 0 bridgehead atoms. The number of halogens is 4. The highest BCUT2D eigenvalue weighted by atomic mass is 32.1. The Morgan fingerprint density at radius 2 is 1.78 bits per heavy atom. The van der Waals surface area contributed by atoms with Crippen LogP contribution in [0.3, 0.4) is 0 Å². The first-order valence-corrected chi connectivity index (χ1v) is 11.0. The van der Waals surface area contributed by atoms with E-state index in [1.807, 2.05) is 5.32 Å². The number of anilines is 2. The lowest BCUT2D eigenvalue weighted by molar-refractivity contribution is -0.256. The van der Waals surface area contributed by atoms with E-state index in [0.717, 1.165) is 18.2 Å². The van der Waals surface area contributed by atoms with Gasteiger partial charge < -0.3 is 25.8 Å². The van der Waals surface area contributed by atoms with Gasteiger partial charge in [-0.3, -0.25) is 10.1 Å². The SMILES string of the molecule is CCNC(=O)C(O)(c1cc(OC(=O)NC)c2nc(NC(=O)Nc3ccc(F)cc3)sc2c1)C(F)(F)F. The Hall–Kier alpha value is -3.98. The number of hydrogen-bond donors (Lipinski definition) is 5. The van der Waals surface area contributed by atoms with Gasteiger partial charge in [-0.25, -0.2) is 19.0 Å². The molecule has 1 heterocycles. The number of fused-ring (bicyclic) bond motifs is 1. The molecule has 1 unspecified atom stereocenters. The zero-order valence-corrected chi connectivity index (χ0v) is 19.4. The summed E-state index contributed by atoms with van der Waals surface area (Å²) < 4.78 is 59.7. The molecule has 0 saturated heterocycles. The minimum absolute atomic E-state index is 0.0459. The minimum atomic E-state index is -5.44. The molecule has 1 aromatic heterocycles. The van der Waals surface area contributed by atoms with E-state index in [-0.39, 0.29) is 27.6 Å². The standard InChI is InChI=1S/C21H19F4N5O5S/c1-3-27-16(31)20(34,21(23,24)25)10-8-13(35-19(33)26-2)15-14(9-10)36-18(29-15)30-17(32)28-12-6-4-11(22)5-7-12/h4-9,34H,3H2,1-2H3,(H,26,33)(H,27,31)(H2,28,29,30,32). The van der Waals surface area contributed by atoms with Gasteiger partial charge in [-0.2, -0.15) is 13.2 Å². The highest BCUT2D eigenvalue weighted by molar-refractivity contribution is 7.22. The molecule has 3 rings (SSSR count). The molecule has 0 aliphatic rings. The van der Waals surface area contributed by atoms with Crippen LogP contribution in [0.25, 0.3) is 10.2 Å². The topological polar surface area (TPSA) is 142 Å². The summed E-state index contributed by atoms with van der Waals surface area (Å²) >= 11 is 0.689. The smallest absolute Gasteiger partial charge is 0.408 e. The van der Waals surface area contributed by atoms with Gasteiger partial charge in [0.2, 0.25) is 0 Å². The average molecular weight is 529 g/mol. The fraction of sp³-hybridized carbons (Fsp3) is 0.238. The average Bonchev–Trinajstić information content (AvgIpc) is 3.21. The largest absolute Gasteiger partial charge is 0.430 e. The third-order valence-electron chi connectivity index (χ3n) is 4.68. The Balaban J connectivity index is 2.04. The third kappa shape index (κ3) is 5.46. The lowest BCUT2D eigenvalue weighted by atomic mass is 9.91. The number of urea groups is 1. The molecule has 0 radical (unpaired) electrons. The molecular weight excluding hydrogens is 510 g/mol. The van der Waals surface area contributed by atoms with Gasteiger partial charge in [0.1, 0.15) is 11.3 Å². The highest BCUT2D eigenvalue weighted by Gasteiger charge is 2.61. The van der Waals surface area contributed by atoms with E-state index >= 15 is 0 Å². The van der Waals surface area contributed by atoms with Crippen LogP contribution in [0.1, 0.15) is 12.5 Å². The van der Waals surface area contributed by atoms with Crippen molar-refractivity contribution in [3.8, 4) is 5.75 Å². The first-order chi connectivity index (χ1) is 16.9. The van der Waals surface area contributed by atoms with Gasteiger partial charge in [-0.1, -0.05) is 11.3 Å². The molecule has 36 heavy (non-hydrogen) atoms. The summed E-state index contributed by atoms with van der Waals surface area (Å²) in [6.07, 6.45) is -6.50. The molecule has 1 atom stereocenters. The Morgan fingerprint density at radius 1 is 1.11 bits per heavy atom. The summed E-state index contributed by atoms with van der Waals surface area (Å²) in [6, 6.07) is 5.56. The number of benzene rings is 2. The van der Waals surface area contributed by atoms with Crippen LogP contribution in [-0.2, 0) is 10.4 Å². The predicted octanol–water partition coefficient (Wildman–Crippen LogP) is 3.68. The lowest BCUT2D eigenvalue weighted by Gasteiger charge is -2.29. The predicted molar refractivity (Wildman–Crippen MR) is 122 cm³/mol. The maximum Gasteiger partial charge on any atom is 0.430 e. The van der Waals surface area contributed by atoms with Crippen LogP contribution in [0.15, 0.2) is 36.4 Å². The van der Waals surface area contributed by atoms with Gasteiger partial charge in [-0.15, -0.1) is 0 Å². The molecule has 0 spiro atoms. The summed E-state index contributed by atoms with van der Waals surface area (Å²) in [5.74, 6) is -2.75. The molecule has 3 aromatic rings. The number of carbonyl (C=O) groups excluding carboxylic acids is 3. The number of alkyl halides is 3. The number of thiazole rings is 1. The fourth-order valence-corrected chi connectivity index (χ4v) is 3.91. The zero-order chi connectivity index (χ0) is 26.7. The molecule has 192 valence electrons. The Labute approximate surface area is 204 Å². The number of aliphatic hydroxyl groups is 1. The third-order valence-corrected chi connectivity index (χ3v) is 5.60. The Morgan fingerprint density at radius 3 is 2.36 bits per heavy atom. The Bertz CT molecular complexity index is 1300. The number of rotatable bonds is 6. The van der Waals surface area contributed by atoms with Gasteiger partial charge >= 0.3 is 18.3 Å². The number of ether oxygens (including phenoxy) is 1. The number of carbonyl (C=O) groups is 3. The van der Waals surface area contributed by atoms with Crippen LogP contribution in [-0.4, -0.2) is 47.9 Å². The van der Waals surface area contributed by atoms with Crippen molar-refractivity contribution in [2.45, 2.75) is 18.7 Å². The molecule has 0 fully saturated rings. The molecule has 10 nitrogen and oxygen atoms in total. The first kappa shape index (κ1) is 26.6. The van der Waals surface area contributed by atoms with Gasteiger partial charge in [0.25, 0.3) is 11.5 Å². The normalized spacial score (nSPS) is 13.0. The number of amides is 4. The van der Waals surface area contributed by atoms with Crippen LogP contribution >= 0.6 is 11.3 Å². The fourth-order valence-electron chi connectivity index (χ4n) is 2.99. The summed E-state index contributed by atoms with van der Waals surface area (Å²) in [7, 11) is 1.21. The number of nitrogens with zero attached hydrogens (tertiary/aromatic N) is 1. The quantitative estimate of drug-likeness (QED) is 0.309. The van der Waals surface area contributed by atoms with Crippen LogP contribution in [0.2, 0.25) is 0 Å². The van der Waals surface area contributed by atoms with Gasteiger partial charge in [0.05, 0.1) is 4.70 Å². The van der Waals surface area contributed by atoms with E-state index in [0.29, 0.717) is 17.4 Å². The second-order valence-corrected chi connectivity index (χ2v) is 8.16. The number of likely N-dealkylation sites (N-methyl/N-ethyl adjacent to an activating group) is 1. The van der Waals surface area contributed by atoms with Crippen molar-refractivity contribution < 1.29 is 41.8 Å². The van der Waals surface area contributed by atoms with E-state index in [1.54, 1.807) is 0 Å². The van der Waals surface area contributed by atoms with Crippen molar-refractivity contribution >= 4 is 50.4 Å². The summed E-state index contributed by atoms with van der Waals surface area (Å²) in [5.41, 5.74) is -4.78. The van der Waals surface area contributed by atoms with E-state index in [9.17, 15) is 37.1 Å². The summed E-state index contributed by atoms with van der Waals surface area (Å²) in [5, 5.41) is 19.2. The second-order valence-electron chi connectivity index (χ2n) is 7.13. The van der Waals surface area contributed by atoms with Crippen molar-refractivity contribution in [3.63, 3.8) is 0 Å². The minimum Gasteiger partial charge on any atom is -0.408 e. The maximum absolute atomic E-state index is 13.9. The van der Waals surface area contributed by atoms with Gasteiger partial charge in [0.15, 0.2) is 10.9 Å². The van der Waals surface area contributed by atoms with Crippen LogP contribution < -0.4 is 26.0 Å². The molecule has 0 aliphatic carbocycles. The van der Waals surface area contributed by atoms with Gasteiger partial charge in [0, 0.05) is 24.8 Å². The lowest BCUT2D eigenvalue weighted by Crippen LogP contribution is -2.54. The molecular formula is C21H19F4N5O5S. The van der Waals surface area contributed by atoms with E-state index < -0.39 is 46.9 Å². The highest BCUT2D eigenvalue weighted by Crippen LogP contribution is 2.43. The van der Waals surface area contributed by atoms with Crippen molar-refractivity contribution in [3.05, 3.63) is 47.8 Å². The van der Waals surface area contributed by atoms with E-state index in [1.165, 1.54) is 26.1 Å². The maximum atomic E-state index is 13.9. The van der Waals surface area contributed by atoms with Crippen molar-refractivity contribution in [2.75, 3.05) is 24.2 Å².